The number of hydrogen-bond donors (Lipinski definition) is 1. The highest BCUT2D eigenvalue weighted by molar-refractivity contribution is 6.30. The minimum absolute atomic E-state index is 0.117. The minimum Gasteiger partial charge on any atom is -0.492 e. The molecule has 1 aliphatic heterocycles. The molecule has 2 aromatic rings. The molecule has 1 aromatic carbocycles. The van der Waals surface area contributed by atoms with Gasteiger partial charge in [0.05, 0.1) is 12.1 Å². The summed E-state index contributed by atoms with van der Waals surface area (Å²) in [7, 11) is 3.72. The summed E-state index contributed by atoms with van der Waals surface area (Å²) in [6.45, 7) is 0.339. The topological polar surface area (TPSA) is 67.4 Å². The maximum atomic E-state index is 12.5. The molecule has 0 saturated carbocycles. The Bertz CT molecular complexity index is 736. The van der Waals surface area contributed by atoms with E-state index in [4.69, 9.17) is 16.3 Å². The SMILES string of the molecule is CN(C)c1ncncc1NC(=O)C1COc2ccc(Cl)cc2C1. The Hall–Kier alpha value is -2.34. The molecule has 0 spiro atoms. The average Bonchev–Trinajstić information content (AvgIpc) is 2.54. The van der Waals surface area contributed by atoms with Gasteiger partial charge in [-0.3, -0.25) is 4.79 Å². The molecular weight excluding hydrogens is 316 g/mol. The molecule has 1 unspecified atom stereocenters. The first kappa shape index (κ1) is 15.6. The Morgan fingerprint density at radius 2 is 2.26 bits per heavy atom. The molecule has 0 saturated heterocycles. The highest BCUT2D eigenvalue weighted by Gasteiger charge is 2.27. The molecule has 7 heteroatoms. The molecule has 3 rings (SSSR count). The van der Waals surface area contributed by atoms with Gasteiger partial charge in [-0.25, -0.2) is 9.97 Å². The summed E-state index contributed by atoms with van der Waals surface area (Å²) in [6, 6.07) is 5.46. The number of carbonyl (C=O) groups is 1. The van der Waals surface area contributed by atoms with E-state index in [0.717, 1.165) is 11.3 Å². The van der Waals surface area contributed by atoms with Crippen LogP contribution in [0.3, 0.4) is 0 Å². The van der Waals surface area contributed by atoms with E-state index >= 15 is 0 Å². The Labute approximate surface area is 139 Å². The van der Waals surface area contributed by atoms with Gasteiger partial charge in [0.2, 0.25) is 5.91 Å². The van der Waals surface area contributed by atoms with Gasteiger partial charge in [0, 0.05) is 19.1 Å². The first-order chi connectivity index (χ1) is 11.0. The molecule has 23 heavy (non-hydrogen) atoms. The maximum absolute atomic E-state index is 12.5. The lowest BCUT2D eigenvalue weighted by atomic mass is 9.96. The molecule has 0 radical (unpaired) electrons. The van der Waals surface area contributed by atoms with E-state index in [-0.39, 0.29) is 11.8 Å². The number of fused-ring (bicyclic) bond motifs is 1. The molecule has 0 aliphatic carbocycles. The third-order valence-electron chi connectivity index (χ3n) is 3.67. The normalized spacial score (nSPS) is 16.2. The number of hydrogen-bond acceptors (Lipinski definition) is 5. The number of amides is 1. The number of aromatic nitrogens is 2. The molecule has 1 aliphatic rings. The second kappa shape index (κ2) is 6.42. The fourth-order valence-corrected chi connectivity index (χ4v) is 2.73. The number of rotatable bonds is 3. The van der Waals surface area contributed by atoms with Gasteiger partial charge in [0.15, 0.2) is 5.82 Å². The lowest BCUT2D eigenvalue weighted by molar-refractivity contribution is -0.121. The van der Waals surface area contributed by atoms with Crippen molar-refractivity contribution >= 4 is 29.0 Å². The molecule has 1 atom stereocenters. The van der Waals surface area contributed by atoms with Crippen molar-refractivity contribution in [3.05, 3.63) is 41.3 Å². The molecule has 6 nitrogen and oxygen atoms in total. The smallest absolute Gasteiger partial charge is 0.231 e. The standard InChI is InChI=1S/C16H17ClN4O2/c1-21(2)15-13(7-18-9-19-15)20-16(22)11-5-10-6-12(17)3-4-14(10)23-8-11/h3-4,6-7,9,11H,5,8H2,1-2H3,(H,20,22). The van der Waals surface area contributed by atoms with Crippen LogP contribution in [0.5, 0.6) is 5.75 Å². The monoisotopic (exact) mass is 332 g/mol. The number of benzene rings is 1. The number of nitrogens with zero attached hydrogens (tertiary/aromatic N) is 3. The lowest BCUT2D eigenvalue weighted by Crippen LogP contribution is -2.33. The van der Waals surface area contributed by atoms with Crippen LogP contribution in [0.4, 0.5) is 11.5 Å². The third kappa shape index (κ3) is 3.37. The van der Waals surface area contributed by atoms with E-state index in [0.29, 0.717) is 29.6 Å². The Kier molecular flexibility index (Phi) is 4.34. The predicted octanol–water partition coefficient (Wildman–Crippen LogP) is 2.39. The highest BCUT2D eigenvalue weighted by atomic mass is 35.5. The van der Waals surface area contributed by atoms with Gasteiger partial charge >= 0.3 is 0 Å². The largest absolute Gasteiger partial charge is 0.492 e. The van der Waals surface area contributed by atoms with Gasteiger partial charge in [0.25, 0.3) is 0 Å². The van der Waals surface area contributed by atoms with Crippen molar-refractivity contribution in [1.82, 2.24) is 9.97 Å². The lowest BCUT2D eigenvalue weighted by Gasteiger charge is -2.25. The third-order valence-corrected chi connectivity index (χ3v) is 3.91. The van der Waals surface area contributed by atoms with Crippen LogP contribution in [0.2, 0.25) is 5.02 Å². The number of halogens is 1. The Morgan fingerprint density at radius 3 is 3.04 bits per heavy atom. The molecule has 0 bridgehead atoms. The van der Waals surface area contributed by atoms with Gasteiger partial charge in [-0.05, 0) is 30.2 Å². The van der Waals surface area contributed by atoms with Crippen LogP contribution in [0, 0.1) is 5.92 Å². The fourth-order valence-electron chi connectivity index (χ4n) is 2.53. The van der Waals surface area contributed by atoms with E-state index < -0.39 is 0 Å². The Balaban J connectivity index is 1.75. The first-order valence-electron chi connectivity index (χ1n) is 7.24. The second-order valence-corrected chi connectivity index (χ2v) is 6.04. The minimum atomic E-state index is -0.281. The van der Waals surface area contributed by atoms with Crippen LogP contribution in [0.25, 0.3) is 0 Å². The summed E-state index contributed by atoms with van der Waals surface area (Å²) >= 11 is 6.01. The van der Waals surface area contributed by atoms with Gasteiger partial charge < -0.3 is 15.0 Å². The molecule has 1 N–H and O–H groups in total. The van der Waals surface area contributed by atoms with Crippen molar-refractivity contribution < 1.29 is 9.53 Å². The zero-order valence-electron chi connectivity index (χ0n) is 12.9. The first-order valence-corrected chi connectivity index (χ1v) is 7.62. The van der Waals surface area contributed by atoms with Crippen molar-refractivity contribution in [3.8, 4) is 5.75 Å². The van der Waals surface area contributed by atoms with Gasteiger partial charge in [-0.15, -0.1) is 0 Å². The summed E-state index contributed by atoms with van der Waals surface area (Å²) in [5.74, 6) is 1.05. The molecular formula is C16H17ClN4O2. The van der Waals surface area contributed by atoms with Crippen molar-refractivity contribution in [2.24, 2.45) is 5.92 Å². The second-order valence-electron chi connectivity index (χ2n) is 5.61. The van der Waals surface area contributed by atoms with E-state index in [1.165, 1.54) is 6.33 Å². The van der Waals surface area contributed by atoms with Crippen LogP contribution in [0.15, 0.2) is 30.7 Å². The fraction of sp³-hybridized carbons (Fsp3) is 0.312. The quantitative estimate of drug-likeness (QED) is 0.934. The number of nitrogens with one attached hydrogen (secondary N) is 1. The molecule has 2 heterocycles. The maximum Gasteiger partial charge on any atom is 0.231 e. The van der Waals surface area contributed by atoms with Gasteiger partial charge in [-0.1, -0.05) is 11.6 Å². The molecule has 1 amide bonds. The van der Waals surface area contributed by atoms with E-state index in [1.54, 1.807) is 12.3 Å². The van der Waals surface area contributed by atoms with Gasteiger partial charge in [-0.2, -0.15) is 0 Å². The number of ether oxygens (including phenoxy) is 1. The van der Waals surface area contributed by atoms with Crippen LogP contribution in [-0.4, -0.2) is 36.6 Å². The highest BCUT2D eigenvalue weighted by Crippen LogP contribution is 2.30. The van der Waals surface area contributed by atoms with Crippen molar-refractivity contribution in [2.45, 2.75) is 6.42 Å². The van der Waals surface area contributed by atoms with Crippen LogP contribution < -0.4 is 15.0 Å². The molecule has 120 valence electrons. The summed E-state index contributed by atoms with van der Waals surface area (Å²) in [4.78, 5) is 22.5. The predicted molar refractivity (Wildman–Crippen MR) is 89.1 cm³/mol. The van der Waals surface area contributed by atoms with Crippen molar-refractivity contribution in [1.29, 1.82) is 0 Å². The van der Waals surface area contributed by atoms with E-state index in [9.17, 15) is 4.79 Å². The summed E-state index contributed by atoms with van der Waals surface area (Å²) < 4.78 is 5.67. The zero-order chi connectivity index (χ0) is 16.4. The average molecular weight is 333 g/mol. The molecule has 0 fully saturated rings. The van der Waals surface area contributed by atoms with E-state index in [2.05, 4.69) is 15.3 Å². The summed E-state index contributed by atoms with van der Waals surface area (Å²) in [5, 5.41) is 3.53. The zero-order valence-corrected chi connectivity index (χ0v) is 13.7. The van der Waals surface area contributed by atoms with E-state index in [1.807, 2.05) is 31.1 Å². The van der Waals surface area contributed by atoms with Crippen molar-refractivity contribution in [3.63, 3.8) is 0 Å². The summed E-state index contributed by atoms with van der Waals surface area (Å²) in [6.07, 6.45) is 3.63. The number of carbonyl (C=O) groups excluding carboxylic acids is 1. The van der Waals surface area contributed by atoms with Crippen LogP contribution >= 0.6 is 11.6 Å². The Morgan fingerprint density at radius 1 is 1.43 bits per heavy atom. The van der Waals surface area contributed by atoms with Crippen LogP contribution in [-0.2, 0) is 11.2 Å². The van der Waals surface area contributed by atoms with Crippen molar-refractivity contribution in [2.75, 3.05) is 30.9 Å². The molecule has 1 aromatic heterocycles. The van der Waals surface area contributed by atoms with Gasteiger partial charge in [0.1, 0.15) is 24.4 Å². The van der Waals surface area contributed by atoms with Crippen LogP contribution in [0.1, 0.15) is 5.56 Å². The summed E-state index contributed by atoms with van der Waals surface area (Å²) in [5.41, 5.74) is 1.53. The number of anilines is 2.